The zero-order valence-electron chi connectivity index (χ0n) is 14.6. The first-order valence-corrected chi connectivity index (χ1v) is 8.45. The molecular weight excluding hydrogens is 324 g/mol. The molecule has 130 valence electrons. The van der Waals surface area contributed by atoms with E-state index in [-0.39, 0.29) is 12.1 Å². The number of hydrogen-bond acceptors (Lipinski definition) is 6. The number of aliphatic imine (C=N–C) groups is 1. The summed E-state index contributed by atoms with van der Waals surface area (Å²) >= 11 is 4.71. The molecule has 1 aliphatic rings. The normalized spacial score (nSPS) is 20.9. The van der Waals surface area contributed by atoms with E-state index in [0.29, 0.717) is 18.2 Å². The third-order valence-electron chi connectivity index (χ3n) is 3.67. The largest absolute Gasteiger partial charge is 0.444 e. The van der Waals surface area contributed by atoms with Gasteiger partial charge in [0.1, 0.15) is 11.3 Å². The predicted octanol–water partition coefficient (Wildman–Crippen LogP) is 3.56. The number of aromatic nitrogens is 1. The van der Waals surface area contributed by atoms with Crippen molar-refractivity contribution >= 4 is 34.8 Å². The molecule has 7 heteroatoms. The summed E-state index contributed by atoms with van der Waals surface area (Å²) in [4.78, 5) is 22.4. The number of amides is 1. The molecule has 24 heavy (non-hydrogen) atoms. The molecule has 0 bridgehead atoms. The molecule has 2 heterocycles. The SMILES string of the molecule is C[C@@H]1C[C@H](NC(=O)OC(C)(C)C)CN(c2ccncc2N=C=S)C1. The maximum absolute atomic E-state index is 12.0. The maximum atomic E-state index is 12.0. The number of alkyl carbamates (subject to hydrolysis) is 1. The zero-order chi connectivity index (χ0) is 17.7. The molecule has 6 nitrogen and oxygen atoms in total. The topological polar surface area (TPSA) is 66.8 Å². The number of anilines is 1. The van der Waals surface area contributed by atoms with Crippen LogP contribution in [0.1, 0.15) is 34.1 Å². The van der Waals surface area contributed by atoms with E-state index in [1.807, 2.05) is 26.8 Å². The molecular formula is C17H24N4O2S. The quantitative estimate of drug-likeness (QED) is 0.668. The number of piperidine rings is 1. The second-order valence-corrected chi connectivity index (χ2v) is 7.34. The number of nitrogens with one attached hydrogen (secondary N) is 1. The molecule has 1 saturated heterocycles. The highest BCUT2D eigenvalue weighted by Gasteiger charge is 2.28. The Morgan fingerprint density at radius 1 is 1.50 bits per heavy atom. The van der Waals surface area contributed by atoms with E-state index in [2.05, 4.69) is 32.3 Å². The minimum Gasteiger partial charge on any atom is -0.444 e. The lowest BCUT2D eigenvalue weighted by atomic mass is 9.95. The van der Waals surface area contributed by atoms with Gasteiger partial charge in [-0.2, -0.15) is 4.99 Å². The summed E-state index contributed by atoms with van der Waals surface area (Å²) in [6.45, 7) is 9.31. The Labute approximate surface area is 148 Å². The van der Waals surface area contributed by atoms with Gasteiger partial charge in [0.05, 0.1) is 17.0 Å². The van der Waals surface area contributed by atoms with Crippen LogP contribution in [-0.4, -0.2) is 41.0 Å². The van der Waals surface area contributed by atoms with Gasteiger partial charge in [-0.1, -0.05) is 6.92 Å². The van der Waals surface area contributed by atoms with Crippen LogP contribution in [0.4, 0.5) is 16.2 Å². The molecule has 0 unspecified atom stereocenters. The molecule has 0 spiro atoms. The molecule has 1 N–H and O–H groups in total. The molecule has 1 aromatic heterocycles. The van der Waals surface area contributed by atoms with Crippen molar-refractivity contribution in [3.8, 4) is 0 Å². The minimum absolute atomic E-state index is 0.0149. The van der Waals surface area contributed by atoms with Gasteiger partial charge >= 0.3 is 6.09 Å². The summed E-state index contributed by atoms with van der Waals surface area (Å²) in [5.41, 5.74) is 1.14. The highest BCUT2D eigenvalue weighted by molar-refractivity contribution is 7.78. The van der Waals surface area contributed by atoms with E-state index in [9.17, 15) is 4.79 Å². The monoisotopic (exact) mass is 348 g/mol. The van der Waals surface area contributed by atoms with Crippen LogP contribution >= 0.6 is 12.2 Å². The van der Waals surface area contributed by atoms with Crippen LogP contribution in [0.2, 0.25) is 0 Å². The van der Waals surface area contributed by atoms with Crippen LogP contribution in [-0.2, 0) is 4.74 Å². The summed E-state index contributed by atoms with van der Waals surface area (Å²) in [7, 11) is 0. The lowest BCUT2D eigenvalue weighted by molar-refractivity contribution is 0.0495. The average Bonchev–Trinajstić information content (AvgIpc) is 2.45. The van der Waals surface area contributed by atoms with Crippen molar-refractivity contribution in [2.24, 2.45) is 10.9 Å². The summed E-state index contributed by atoms with van der Waals surface area (Å²) < 4.78 is 5.36. The van der Waals surface area contributed by atoms with Crippen LogP contribution in [0.15, 0.2) is 23.5 Å². The molecule has 0 aromatic carbocycles. The van der Waals surface area contributed by atoms with Gasteiger partial charge in [0, 0.05) is 25.3 Å². The number of carbonyl (C=O) groups excluding carboxylic acids is 1. The van der Waals surface area contributed by atoms with Gasteiger partial charge in [-0.15, -0.1) is 0 Å². The van der Waals surface area contributed by atoms with Gasteiger partial charge in [-0.25, -0.2) is 4.79 Å². The molecule has 2 atom stereocenters. The molecule has 0 saturated carbocycles. The Kier molecular flexibility index (Phi) is 5.91. The lowest BCUT2D eigenvalue weighted by Crippen LogP contribution is -2.51. The van der Waals surface area contributed by atoms with Crippen molar-refractivity contribution in [3.63, 3.8) is 0 Å². The number of isothiocyanates is 1. The van der Waals surface area contributed by atoms with Gasteiger partial charge in [-0.05, 0) is 51.4 Å². The number of rotatable bonds is 3. The van der Waals surface area contributed by atoms with Gasteiger partial charge in [0.25, 0.3) is 0 Å². The second-order valence-electron chi connectivity index (χ2n) is 7.16. The maximum Gasteiger partial charge on any atom is 0.407 e. The average molecular weight is 348 g/mol. The fraction of sp³-hybridized carbons (Fsp3) is 0.588. The van der Waals surface area contributed by atoms with Gasteiger partial charge in [0.2, 0.25) is 0 Å². The number of ether oxygens (including phenoxy) is 1. The highest BCUT2D eigenvalue weighted by atomic mass is 32.1. The second kappa shape index (κ2) is 7.73. The Morgan fingerprint density at radius 3 is 2.92 bits per heavy atom. The molecule has 2 rings (SSSR count). The first kappa shape index (κ1) is 18.4. The Morgan fingerprint density at radius 2 is 2.25 bits per heavy atom. The van der Waals surface area contributed by atoms with Crippen LogP contribution < -0.4 is 10.2 Å². The van der Waals surface area contributed by atoms with E-state index in [4.69, 9.17) is 17.0 Å². The number of pyridine rings is 1. The van der Waals surface area contributed by atoms with E-state index >= 15 is 0 Å². The molecule has 1 aliphatic heterocycles. The summed E-state index contributed by atoms with van der Waals surface area (Å²) in [6, 6.07) is 1.93. The van der Waals surface area contributed by atoms with E-state index in [0.717, 1.165) is 18.7 Å². The Bertz CT molecular complexity index is 638. The van der Waals surface area contributed by atoms with Gasteiger partial charge in [0.15, 0.2) is 0 Å². The predicted molar refractivity (Wildman–Crippen MR) is 98.1 cm³/mol. The summed E-state index contributed by atoms with van der Waals surface area (Å²) in [5, 5.41) is 5.37. The van der Waals surface area contributed by atoms with E-state index in [1.165, 1.54) is 0 Å². The number of carbonyl (C=O) groups is 1. The summed E-state index contributed by atoms with van der Waals surface area (Å²) in [5.74, 6) is 0.427. The van der Waals surface area contributed by atoms with Crippen molar-refractivity contribution in [3.05, 3.63) is 18.5 Å². The van der Waals surface area contributed by atoms with Crippen molar-refractivity contribution in [1.29, 1.82) is 0 Å². The van der Waals surface area contributed by atoms with Crippen molar-refractivity contribution in [2.45, 2.75) is 45.8 Å². The van der Waals surface area contributed by atoms with Gasteiger partial charge in [-0.3, -0.25) is 4.98 Å². The molecule has 1 fully saturated rings. The zero-order valence-corrected chi connectivity index (χ0v) is 15.4. The first-order chi connectivity index (χ1) is 11.3. The highest BCUT2D eigenvalue weighted by Crippen LogP contribution is 2.30. The van der Waals surface area contributed by atoms with Gasteiger partial charge < -0.3 is 15.0 Å². The molecule has 0 radical (unpaired) electrons. The van der Waals surface area contributed by atoms with Crippen molar-refractivity contribution in [2.75, 3.05) is 18.0 Å². The van der Waals surface area contributed by atoms with Crippen LogP contribution in [0, 0.1) is 5.92 Å². The number of hydrogen-bond donors (Lipinski definition) is 1. The Balaban J connectivity index is 2.11. The smallest absolute Gasteiger partial charge is 0.407 e. The van der Waals surface area contributed by atoms with Crippen molar-refractivity contribution in [1.82, 2.24) is 10.3 Å². The fourth-order valence-corrected chi connectivity index (χ4v) is 3.01. The van der Waals surface area contributed by atoms with Crippen LogP contribution in [0.25, 0.3) is 0 Å². The molecule has 0 aliphatic carbocycles. The minimum atomic E-state index is -0.504. The third-order valence-corrected chi connectivity index (χ3v) is 3.76. The number of thiocarbonyl (C=S) groups is 1. The fourth-order valence-electron chi connectivity index (χ4n) is 2.91. The van der Waals surface area contributed by atoms with E-state index in [1.54, 1.807) is 12.4 Å². The van der Waals surface area contributed by atoms with E-state index < -0.39 is 5.60 Å². The molecule has 1 aromatic rings. The standard InChI is InChI=1S/C17H24N4O2S/c1-12-7-13(20-16(22)23-17(2,3)4)10-21(9-12)15-5-6-18-8-14(15)19-11-24/h5-6,8,12-13H,7,9-10H2,1-4H3,(H,20,22)/t12-,13+/m1/s1. The van der Waals surface area contributed by atoms with Crippen LogP contribution in [0.5, 0.6) is 0 Å². The summed E-state index contributed by atoms with van der Waals surface area (Å²) in [6.07, 6.45) is 3.93. The van der Waals surface area contributed by atoms with Crippen LogP contribution in [0.3, 0.4) is 0 Å². The lowest BCUT2D eigenvalue weighted by Gasteiger charge is -2.38. The Hall–Kier alpha value is -1.98. The third kappa shape index (κ3) is 5.28. The first-order valence-electron chi connectivity index (χ1n) is 8.05. The molecule has 1 amide bonds. The number of nitrogens with zero attached hydrogens (tertiary/aromatic N) is 3. The van der Waals surface area contributed by atoms with Crippen molar-refractivity contribution < 1.29 is 9.53 Å².